The summed E-state index contributed by atoms with van der Waals surface area (Å²) in [5.74, 6) is 2.09. The van der Waals surface area contributed by atoms with Crippen molar-refractivity contribution in [3.05, 3.63) is 48.3 Å². The topological polar surface area (TPSA) is 76.9 Å². The summed E-state index contributed by atoms with van der Waals surface area (Å²) in [7, 11) is 0. The van der Waals surface area contributed by atoms with Crippen LogP contribution in [0, 0.1) is 0 Å². The molecule has 0 radical (unpaired) electrons. The maximum Gasteiger partial charge on any atom is 0.243 e. The number of carbonyl (C=O) groups is 2. The van der Waals surface area contributed by atoms with E-state index >= 15 is 0 Å². The van der Waals surface area contributed by atoms with Crippen molar-refractivity contribution >= 4 is 28.5 Å². The van der Waals surface area contributed by atoms with E-state index in [1.165, 1.54) is 0 Å². The maximum absolute atomic E-state index is 13.4. The number of hydrogen-bond donors (Lipinski definition) is 0. The number of aromatic nitrogens is 2. The molecule has 2 aliphatic rings. The summed E-state index contributed by atoms with van der Waals surface area (Å²) < 4.78 is 13.3. The van der Waals surface area contributed by atoms with Gasteiger partial charge in [0.25, 0.3) is 0 Å². The van der Waals surface area contributed by atoms with Crippen molar-refractivity contribution in [3.63, 3.8) is 0 Å². The Hall–Kier alpha value is -3.55. The van der Waals surface area contributed by atoms with Crippen LogP contribution in [0.1, 0.15) is 45.9 Å². The number of hydrogen-bond acceptors (Lipinski definition) is 5. The molecule has 3 heterocycles. The van der Waals surface area contributed by atoms with E-state index in [1.54, 1.807) is 4.90 Å². The van der Waals surface area contributed by atoms with Gasteiger partial charge in [-0.2, -0.15) is 0 Å². The Morgan fingerprint density at radius 2 is 1.77 bits per heavy atom. The highest BCUT2D eigenvalue weighted by atomic mass is 16.6. The van der Waals surface area contributed by atoms with Crippen LogP contribution in [0.2, 0.25) is 0 Å². The molecule has 1 unspecified atom stereocenters. The van der Waals surface area contributed by atoms with Crippen molar-refractivity contribution in [2.45, 2.75) is 58.7 Å². The van der Waals surface area contributed by atoms with Gasteiger partial charge in [-0.1, -0.05) is 12.1 Å². The van der Waals surface area contributed by atoms with Gasteiger partial charge in [0.15, 0.2) is 11.5 Å². The van der Waals surface area contributed by atoms with Gasteiger partial charge in [-0.15, -0.1) is 0 Å². The van der Waals surface area contributed by atoms with Crippen LogP contribution in [0.15, 0.2) is 42.5 Å². The van der Waals surface area contributed by atoms with E-state index < -0.39 is 0 Å². The van der Waals surface area contributed by atoms with Crippen LogP contribution in [-0.2, 0) is 16.1 Å². The lowest BCUT2D eigenvalue weighted by Crippen LogP contribution is -2.44. The minimum atomic E-state index is -0.123. The van der Waals surface area contributed by atoms with E-state index in [-0.39, 0.29) is 36.4 Å². The SMILES string of the molecule is CC(C)N(C(=O)Cn1c(C2CC(=O)N(c3ccc4c(c3)OCCO4)C2)nc2ccccc21)C(C)C. The number of amides is 2. The summed E-state index contributed by atoms with van der Waals surface area (Å²) in [5.41, 5.74) is 2.53. The molecule has 0 saturated carbocycles. The first-order valence-corrected chi connectivity index (χ1v) is 12.3. The van der Waals surface area contributed by atoms with Crippen LogP contribution in [0.5, 0.6) is 11.5 Å². The molecule has 5 rings (SSSR count). The van der Waals surface area contributed by atoms with Crippen molar-refractivity contribution in [3.8, 4) is 11.5 Å². The van der Waals surface area contributed by atoms with Crippen LogP contribution in [0.25, 0.3) is 11.0 Å². The zero-order valence-corrected chi connectivity index (χ0v) is 20.7. The average molecular weight is 477 g/mol. The highest BCUT2D eigenvalue weighted by molar-refractivity contribution is 5.97. The van der Waals surface area contributed by atoms with Crippen molar-refractivity contribution in [2.24, 2.45) is 0 Å². The van der Waals surface area contributed by atoms with Crippen molar-refractivity contribution in [1.82, 2.24) is 14.5 Å². The van der Waals surface area contributed by atoms with E-state index in [0.717, 1.165) is 22.5 Å². The molecule has 2 amide bonds. The fraction of sp³-hybridized carbons (Fsp3) is 0.444. The second kappa shape index (κ2) is 9.24. The molecular weight excluding hydrogens is 444 g/mol. The van der Waals surface area contributed by atoms with Gasteiger partial charge in [0.2, 0.25) is 11.8 Å². The molecule has 0 N–H and O–H groups in total. The highest BCUT2D eigenvalue weighted by Gasteiger charge is 2.36. The number of benzene rings is 2. The fourth-order valence-corrected chi connectivity index (χ4v) is 5.29. The number of anilines is 1. The summed E-state index contributed by atoms with van der Waals surface area (Å²) in [5, 5.41) is 0. The number of para-hydroxylation sites is 2. The van der Waals surface area contributed by atoms with Crippen LogP contribution >= 0.6 is 0 Å². The van der Waals surface area contributed by atoms with E-state index in [1.807, 2.05) is 79.6 Å². The van der Waals surface area contributed by atoms with Crippen LogP contribution < -0.4 is 14.4 Å². The maximum atomic E-state index is 13.4. The molecule has 0 bridgehead atoms. The lowest BCUT2D eigenvalue weighted by molar-refractivity contribution is -0.135. The molecule has 8 nitrogen and oxygen atoms in total. The minimum absolute atomic E-state index is 0.0302. The molecule has 1 aromatic heterocycles. The van der Waals surface area contributed by atoms with Gasteiger partial charge < -0.3 is 23.8 Å². The second-order valence-corrected chi connectivity index (χ2v) is 9.77. The number of nitrogens with zero attached hydrogens (tertiary/aromatic N) is 4. The highest BCUT2D eigenvalue weighted by Crippen LogP contribution is 2.38. The standard InChI is InChI=1S/C27H32N4O4/c1-17(2)31(18(3)4)26(33)16-30-22-8-6-5-7-21(22)28-27(30)19-13-25(32)29(15-19)20-9-10-23-24(14-20)35-12-11-34-23/h5-10,14,17-19H,11-13,15-16H2,1-4H3. The van der Waals surface area contributed by atoms with Gasteiger partial charge in [0.05, 0.1) is 11.0 Å². The Labute approximate surface area is 205 Å². The van der Waals surface area contributed by atoms with Crippen molar-refractivity contribution in [2.75, 3.05) is 24.7 Å². The Balaban J connectivity index is 1.46. The largest absolute Gasteiger partial charge is 0.486 e. The quantitative estimate of drug-likeness (QED) is 0.538. The number of fused-ring (bicyclic) bond motifs is 2. The first-order chi connectivity index (χ1) is 16.8. The molecule has 2 aliphatic heterocycles. The smallest absolute Gasteiger partial charge is 0.243 e. The summed E-state index contributed by atoms with van der Waals surface area (Å²) in [6.07, 6.45) is 0.337. The normalized spacial score (nSPS) is 17.6. The molecular formula is C27H32N4O4. The third-order valence-electron chi connectivity index (χ3n) is 6.71. The summed E-state index contributed by atoms with van der Waals surface area (Å²) in [4.78, 5) is 35.1. The van der Waals surface area contributed by atoms with E-state index in [4.69, 9.17) is 14.5 Å². The van der Waals surface area contributed by atoms with Gasteiger partial charge in [0, 0.05) is 42.7 Å². The molecule has 1 atom stereocenters. The van der Waals surface area contributed by atoms with Crippen molar-refractivity contribution in [1.29, 1.82) is 0 Å². The zero-order valence-electron chi connectivity index (χ0n) is 20.7. The second-order valence-electron chi connectivity index (χ2n) is 9.77. The number of imidazole rings is 1. The van der Waals surface area contributed by atoms with Crippen LogP contribution in [0.4, 0.5) is 5.69 Å². The van der Waals surface area contributed by atoms with Gasteiger partial charge in [-0.05, 0) is 52.0 Å². The van der Waals surface area contributed by atoms with Crippen LogP contribution in [0.3, 0.4) is 0 Å². The summed E-state index contributed by atoms with van der Waals surface area (Å²) >= 11 is 0. The van der Waals surface area contributed by atoms with E-state index in [0.29, 0.717) is 37.7 Å². The first-order valence-electron chi connectivity index (χ1n) is 12.3. The van der Waals surface area contributed by atoms with Gasteiger partial charge in [-0.3, -0.25) is 9.59 Å². The molecule has 1 saturated heterocycles. The third kappa shape index (κ3) is 4.33. The summed E-state index contributed by atoms with van der Waals surface area (Å²) in [6.45, 7) is 9.84. The van der Waals surface area contributed by atoms with Gasteiger partial charge in [0.1, 0.15) is 25.6 Å². The number of carbonyl (C=O) groups excluding carboxylic acids is 2. The van der Waals surface area contributed by atoms with Crippen molar-refractivity contribution < 1.29 is 19.1 Å². The van der Waals surface area contributed by atoms with E-state index in [2.05, 4.69) is 0 Å². The van der Waals surface area contributed by atoms with Crippen LogP contribution in [-0.4, -0.2) is 58.1 Å². The lowest BCUT2D eigenvalue weighted by atomic mass is 10.1. The average Bonchev–Trinajstić information content (AvgIpc) is 3.39. The molecule has 184 valence electrons. The molecule has 1 fully saturated rings. The number of ether oxygens (including phenoxy) is 2. The molecule has 0 spiro atoms. The molecule has 35 heavy (non-hydrogen) atoms. The monoisotopic (exact) mass is 476 g/mol. The molecule has 8 heteroatoms. The molecule has 0 aliphatic carbocycles. The minimum Gasteiger partial charge on any atom is -0.486 e. The van der Waals surface area contributed by atoms with E-state index in [9.17, 15) is 9.59 Å². The third-order valence-corrected chi connectivity index (χ3v) is 6.71. The van der Waals surface area contributed by atoms with Gasteiger partial charge in [-0.25, -0.2) is 4.98 Å². The zero-order chi connectivity index (χ0) is 24.7. The Morgan fingerprint density at radius 1 is 1.06 bits per heavy atom. The predicted molar refractivity (Wildman–Crippen MR) is 134 cm³/mol. The molecule has 2 aromatic carbocycles. The Morgan fingerprint density at radius 3 is 2.51 bits per heavy atom. The van der Waals surface area contributed by atoms with Gasteiger partial charge >= 0.3 is 0 Å². The summed E-state index contributed by atoms with van der Waals surface area (Å²) in [6, 6.07) is 13.7. The predicted octanol–water partition coefficient (Wildman–Crippen LogP) is 3.97. The lowest BCUT2D eigenvalue weighted by Gasteiger charge is -2.31. The fourth-order valence-electron chi connectivity index (χ4n) is 5.29. The number of rotatable bonds is 6. The Bertz CT molecular complexity index is 1260. The first kappa shape index (κ1) is 23.2. The Kier molecular flexibility index (Phi) is 6.13. The molecule has 3 aromatic rings.